The highest BCUT2D eigenvalue weighted by atomic mass is 16.6. The third-order valence-corrected chi connectivity index (χ3v) is 2.43. The lowest BCUT2D eigenvalue weighted by molar-refractivity contribution is 0.0601. The van der Waals surface area contributed by atoms with Crippen molar-refractivity contribution in [1.82, 2.24) is 9.78 Å². The quantitative estimate of drug-likeness (QED) is 0.849. The molecule has 1 heterocycles. The first-order chi connectivity index (χ1) is 9.45. The van der Waals surface area contributed by atoms with Gasteiger partial charge in [-0.05, 0) is 41.5 Å². The number of carbonyl (C=O) groups excluding carboxylic acids is 2. The molecule has 1 rings (SSSR count). The molecule has 0 saturated heterocycles. The van der Waals surface area contributed by atoms with Gasteiger partial charge < -0.3 is 9.47 Å². The molecule has 7 heteroatoms. The van der Waals surface area contributed by atoms with Crippen LogP contribution in [0.1, 0.15) is 51.9 Å². The standard InChI is InChI=1S/C14H23N3O4/c1-13(2,3)17-10(9(8-15-17)11(18)20-7)16-12(19)21-14(4,5)6/h8H,1-7H3,(H,16,19). The summed E-state index contributed by atoms with van der Waals surface area (Å²) < 4.78 is 11.4. The summed E-state index contributed by atoms with van der Waals surface area (Å²) in [6.07, 6.45) is 0.711. The maximum absolute atomic E-state index is 11.9. The number of hydrogen-bond acceptors (Lipinski definition) is 5. The molecule has 0 atom stereocenters. The number of anilines is 1. The molecule has 0 aliphatic heterocycles. The van der Waals surface area contributed by atoms with E-state index >= 15 is 0 Å². The number of hydrogen-bond donors (Lipinski definition) is 1. The summed E-state index contributed by atoms with van der Waals surface area (Å²) in [7, 11) is 1.27. The van der Waals surface area contributed by atoms with Gasteiger partial charge in [-0.25, -0.2) is 14.3 Å². The smallest absolute Gasteiger partial charge is 0.413 e. The number of rotatable bonds is 2. The first kappa shape index (κ1) is 17.0. The van der Waals surface area contributed by atoms with Gasteiger partial charge in [0.2, 0.25) is 0 Å². The van der Waals surface area contributed by atoms with Crippen molar-refractivity contribution in [3.05, 3.63) is 11.8 Å². The number of esters is 1. The van der Waals surface area contributed by atoms with Crippen LogP contribution in [-0.2, 0) is 15.0 Å². The molecule has 21 heavy (non-hydrogen) atoms. The van der Waals surface area contributed by atoms with Gasteiger partial charge in [-0.2, -0.15) is 5.10 Å². The molecule has 0 aliphatic carbocycles. The molecule has 0 unspecified atom stereocenters. The van der Waals surface area contributed by atoms with Gasteiger partial charge in [-0.15, -0.1) is 0 Å². The lowest BCUT2D eigenvalue weighted by atomic mass is 10.1. The zero-order valence-electron chi connectivity index (χ0n) is 13.6. The summed E-state index contributed by atoms with van der Waals surface area (Å²) in [6.45, 7) is 11.0. The molecule has 1 amide bonds. The maximum atomic E-state index is 11.9. The summed E-state index contributed by atoms with van der Waals surface area (Å²) in [6, 6.07) is 0. The molecule has 0 aliphatic rings. The monoisotopic (exact) mass is 297 g/mol. The van der Waals surface area contributed by atoms with E-state index in [0.29, 0.717) is 0 Å². The number of amides is 1. The number of aromatic nitrogens is 2. The first-order valence-electron chi connectivity index (χ1n) is 6.62. The van der Waals surface area contributed by atoms with Gasteiger partial charge in [-0.1, -0.05) is 0 Å². The Labute approximate surface area is 124 Å². The molecule has 0 fully saturated rings. The minimum atomic E-state index is -0.654. The van der Waals surface area contributed by atoms with Crippen molar-refractivity contribution in [2.24, 2.45) is 0 Å². The van der Waals surface area contributed by atoms with Crippen molar-refractivity contribution < 1.29 is 19.1 Å². The van der Waals surface area contributed by atoms with Crippen molar-refractivity contribution in [2.75, 3.05) is 12.4 Å². The average Bonchev–Trinajstić information content (AvgIpc) is 2.68. The van der Waals surface area contributed by atoms with Crippen LogP contribution in [0.3, 0.4) is 0 Å². The zero-order chi connectivity index (χ0) is 16.4. The number of ether oxygens (including phenoxy) is 2. The Morgan fingerprint density at radius 1 is 1.19 bits per heavy atom. The van der Waals surface area contributed by atoms with Crippen LogP contribution in [0.2, 0.25) is 0 Å². The predicted molar refractivity (Wildman–Crippen MR) is 78.4 cm³/mol. The Hall–Kier alpha value is -2.05. The van der Waals surface area contributed by atoms with Gasteiger partial charge in [0.1, 0.15) is 17.0 Å². The highest BCUT2D eigenvalue weighted by molar-refractivity contribution is 5.98. The van der Waals surface area contributed by atoms with Gasteiger partial charge in [0.05, 0.1) is 18.8 Å². The number of methoxy groups -OCH3 is 1. The Balaban J connectivity index is 3.16. The Kier molecular flexibility index (Phi) is 4.65. The molecule has 0 spiro atoms. The fourth-order valence-corrected chi connectivity index (χ4v) is 1.64. The highest BCUT2D eigenvalue weighted by Crippen LogP contribution is 2.25. The number of carbonyl (C=O) groups is 2. The molecule has 118 valence electrons. The average molecular weight is 297 g/mol. The summed E-state index contributed by atoms with van der Waals surface area (Å²) in [5, 5.41) is 6.73. The van der Waals surface area contributed by atoms with Gasteiger partial charge >= 0.3 is 12.1 Å². The van der Waals surface area contributed by atoms with E-state index in [-0.39, 0.29) is 11.4 Å². The second-order valence-corrected chi connectivity index (χ2v) is 6.61. The molecule has 1 aromatic heterocycles. The maximum Gasteiger partial charge on any atom is 0.413 e. The van der Waals surface area contributed by atoms with Gasteiger partial charge in [-0.3, -0.25) is 5.32 Å². The van der Waals surface area contributed by atoms with E-state index in [1.807, 2.05) is 20.8 Å². The van der Waals surface area contributed by atoms with Crippen molar-refractivity contribution in [3.63, 3.8) is 0 Å². The summed E-state index contributed by atoms with van der Waals surface area (Å²) >= 11 is 0. The van der Waals surface area contributed by atoms with E-state index in [1.54, 1.807) is 25.5 Å². The lowest BCUT2D eigenvalue weighted by Crippen LogP contribution is -2.31. The van der Waals surface area contributed by atoms with Gasteiger partial charge in [0.25, 0.3) is 0 Å². The largest absolute Gasteiger partial charge is 0.465 e. The van der Waals surface area contributed by atoms with E-state index in [0.717, 1.165) is 0 Å². The predicted octanol–water partition coefficient (Wildman–Crippen LogP) is 2.77. The SMILES string of the molecule is COC(=O)c1cnn(C(C)(C)C)c1NC(=O)OC(C)(C)C. The Bertz CT molecular complexity index is 535. The van der Waals surface area contributed by atoms with Crippen LogP contribution >= 0.6 is 0 Å². The molecule has 0 bridgehead atoms. The Morgan fingerprint density at radius 2 is 1.76 bits per heavy atom. The highest BCUT2D eigenvalue weighted by Gasteiger charge is 2.27. The molecular formula is C14H23N3O4. The second-order valence-electron chi connectivity index (χ2n) is 6.61. The van der Waals surface area contributed by atoms with Crippen LogP contribution in [0.4, 0.5) is 10.6 Å². The fraction of sp³-hybridized carbons (Fsp3) is 0.643. The summed E-state index contributed by atoms with van der Waals surface area (Å²) in [4.78, 5) is 23.7. The van der Waals surface area contributed by atoms with Crippen LogP contribution in [0.25, 0.3) is 0 Å². The van der Waals surface area contributed by atoms with Crippen LogP contribution in [0.15, 0.2) is 6.20 Å². The van der Waals surface area contributed by atoms with Crippen molar-refractivity contribution in [1.29, 1.82) is 0 Å². The van der Waals surface area contributed by atoms with E-state index in [2.05, 4.69) is 10.4 Å². The van der Waals surface area contributed by atoms with E-state index < -0.39 is 23.2 Å². The van der Waals surface area contributed by atoms with Crippen LogP contribution in [-0.4, -0.2) is 34.6 Å². The van der Waals surface area contributed by atoms with E-state index in [9.17, 15) is 9.59 Å². The van der Waals surface area contributed by atoms with Crippen LogP contribution in [0.5, 0.6) is 0 Å². The first-order valence-corrected chi connectivity index (χ1v) is 6.62. The van der Waals surface area contributed by atoms with E-state index in [1.165, 1.54) is 13.3 Å². The molecule has 7 nitrogen and oxygen atoms in total. The van der Waals surface area contributed by atoms with Crippen molar-refractivity contribution in [3.8, 4) is 0 Å². The molecule has 1 N–H and O–H groups in total. The zero-order valence-corrected chi connectivity index (χ0v) is 13.6. The molecule has 0 aromatic carbocycles. The second kappa shape index (κ2) is 5.75. The van der Waals surface area contributed by atoms with Crippen molar-refractivity contribution in [2.45, 2.75) is 52.7 Å². The lowest BCUT2D eigenvalue weighted by Gasteiger charge is -2.24. The normalized spacial score (nSPS) is 12.0. The molecule has 0 saturated carbocycles. The topological polar surface area (TPSA) is 82.5 Å². The van der Waals surface area contributed by atoms with Gasteiger partial charge in [0, 0.05) is 0 Å². The number of nitrogens with one attached hydrogen (secondary N) is 1. The number of nitrogens with zero attached hydrogens (tertiary/aromatic N) is 2. The minimum absolute atomic E-state index is 0.179. The van der Waals surface area contributed by atoms with Crippen LogP contribution in [0, 0.1) is 0 Å². The third-order valence-electron chi connectivity index (χ3n) is 2.43. The minimum Gasteiger partial charge on any atom is -0.465 e. The van der Waals surface area contributed by atoms with E-state index in [4.69, 9.17) is 9.47 Å². The van der Waals surface area contributed by atoms with Crippen molar-refractivity contribution >= 4 is 17.9 Å². The summed E-state index contributed by atoms with van der Waals surface area (Å²) in [5.74, 6) is -0.319. The van der Waals surface area contributed by atoms with Gasteiger partial charge in [0.15, 0.2) is 0 Å². The molecule has 0 radical (unpaired) electrons. The fourth-order valence-electron chi connectivity index (χ4n) is 1.64. The Morgan fingerprint density at radius 3 is 2.19 bits per heavy atom. The summed E-state index contributed by atoms with van der Waals surface area (Å²) in [5.41, 5.74) is -0.878. The molecular weight excluding hydrogens is 274 g/mol. The van der Waals surface area contributed by atoms with Crippen LogP contribution < -0.4 is 5.32 Å². The third kappa shape index (κ3) is 4.47. The molecule has 1 aromatic rings.